The molecule has 1 aliphatic carbocycles. The van der Waals surface area contributed by atoms with Crippen LogP contribution in [0.5, 0.6) is 0 Å². The van der Waals surface area contributed by atoms with Crippen LogP contribution in [0.2, 0.25) is 0 Å². The van der Waals surface area contributed by atoms with Gasteiger partial charge in [0.2, 0.25) is 11.8 Å². The minimum atomic E-state index is -0.447. The first-order chi connectivity index (χ1) is 8.08. The highest BCUT2D eigenvalue weighted by molar-refractivity contribution is 6.05. The molecular formula is C12H20N2O3. The number of rotatable bonds is 3. The van der Waals surface area contributed by atoms with E-state index in [2.05, 4.69) is 5.32 Å². The lowest BCUT2D eigenvalue weighted by molar-refractivity contribution is -0.137. The average Bonchev–Trinajstić information content (AvgIpc) is 2.58. The Bertz CT molecular complexity index is 324. The van der Waals surface area contributed by atoms with Crippen LogP contribution in [0.15, 0.2) is 0 Å². The van der Waals surface area contributed by atoms with Gasteiger partial charge in [0.1, 0.15) is 0 Å². The molecule has 2 fully saturated rings. The molecule has 5 heteroatoms. The van der Waals surface area contributed by atoms with E-state index in [9.17, 15) is 14.7 Å². The summed E-state index contributed by atoms with van der Waals surface area (Å²) in [5.41, 5.74) is -0.357. The van der Waals surface area contributed by atoms with E-state index in [1.807, 2.05) is 0 Å². The van der Waals surface area contributed by atoms with E-state index in [1.165, 1.54) is 18.4 Å². The van der Waals surface area contributed by atoms with Crippen molar-refractivity contribution < 1.29 is 14.7 Å². The summed E-state index contributed by atoms with van der Waals surface area (Å²) < 4.78 is 0. The molecule has 2 rings (SSSR count). The van der Waals surface area contributed by atoms with Gasteiger partial charge < -0.3 is 5.11 Å². The molecule has 2 N–H and O–H groups in total. The standard InChI is InChI=1S/C12H20N2O3/c1-14-10(16)7-9(11(14)17)13-12(8-15)5-3-2-4-6-12/h9,13,15H,2-8H2,1H3. The van der Waals surface area contributed by atoms with E-state index < -0.39 is 6.04 Å². The Balaban J connectivity index is 2.04. The molecule has 1 saturated heterocycles. The van der Waals surface area contributed by atoms with Crippen molar-refractivity contribution in [3.8, 4) is 0 Å². The molecule has 5 nitrogen and oxygen atoms in total. The predicted molar refractivity (Wildman–Crippen MR) is 62.2 cm³/mol. The molecule has 2 aliphatic rings. The number of nitrogens with zero attached hydrogens (tertiary/aromatic N) is 1. The van der Waals surface area contributed by atoms with Crippen molar-refractivity contribution >= 4 is 11.8 Å². The second kappa shape index (κ2) is 4.74. The molecule has 1 aliphatic heterocycles. The van der Waals surface area contributed by atoms with E-state index in [4.69, 9.17) is 0 Å². The van der Waals surface area contributed by atoms with Crippen LogP contribution in [-0.4, -0.2) is 47.1 Å². The van der Waals surface area contributed by atoms with Gasteiger partial charge in [-0.15, -0.1) is 0 Å². The summed E-state index contributed by atoms with van der Waals surface area (Å²) in [4.78, 5) is 24.4. The Morgan fingerprint density at radius 1 is 1.35 bits per heavy atom. The molecule has 0 bridgehead atoms. The number of amides is 2. The summed E-state index contributed by atoms with van der Waals surface area (Å²) in [6.07, 6.45) is 5.30. The van der Waals surface area contributed by atoms with Gasteiger partial charge in [-0.05, 0) is 12.8 Å². The Hall–Kier alpha value is -0.940. The van der Waals surface area contributed by atoms with Crippen LogP contribution >= 0.6 is 0 Å². The fourth-order valence-corrected chi connectivity index (χ4v) is 2.81. The topological polar surface area (TPSA) is 69.6 Å². The van der Waals surface area contributed by atoms with Crippen molar-refractivity contribution in [1.82, 2.24) is 10.2 Å². The molecule has 17 heavy (non-hydrogen) atoms. The Kier molecular flexibility index (Phi) is 3.49. The first-order valence-electron chi connectivity index (χ1n) is 6.27. The summed E-state index contributed by atoms with van der Waals surface area (Å²) in [7, 11) is 1.51. The fraction of sp³-hybridized carbons (Fsp3) is 0.833. The van der Waals surface area contributed by atoms with Crippen LogP contribution in [0.4, 0.5) is 0 Å². The molecule has 1 unspecified atom stereocenters. The summed E-state index contributed by atoms with van der Waals surface area (Å²) in [6.45, 7) is 0.0364. The highest BCUT2D eigenvalue weighted by Gasteiger charge is 2.41. The molecule has 0 aromatic rings. The van der Waals surface area contributed by atoms with E-state index in [0.29, 0.717) is 0 Å². The second-order valence-electron chi connectivity index (χ2n) is 5.19. The number of aliphatic hydroxyl groups is 1. The van der Waals surface area contributed by atoms with Gasteiger partial charge >= 0.3 is 0 Å². The first kappa shape index (κ1) is 12.5. The van der Waals surface area contributed by atoms with E-state index in [1.54, 1.807) is 0 Å². The van der Waals surface area contributed by atoms with E-state index >= 15 is 0 Å². The van der Waals surface area contributed by atoms with Gasteiger partial charge in [-0.2, -0.15) is 0 Å². The number of aliphatic hydroxyl groups excluding tert-OH is 1. The third-order valence-electron chi connectivity index (χ3n) is 3.98. The maximum Gasteiger partial charge on any atom is 0.246 e. The molecule has 1 atom stereocenters. The van der Waals surface area contributed by atoms with Crippen molar-refractivity contribution in [3.63, 3.8) is 0 Å². The summed E-state index contributed by atoms with van der Waals surface area (Å²) in [5.74, 6) is -0.315. The van der Waals surface area contributed by atoms with Crippen LogP contribution in [0, 0.1) is 0 Å². The number of carbonyl (C=O) groups excluding carboxylic acids is 2. The van der Waals surface area contributed by atoms with Gasteiger partial charge in [-0.3, -0.25) is 19.8 Å². The first-order valence-corrected chi connectivity index (χ1v) is 6.27. The molecule has 1 heterocycles. The summed E-state index contributed by atoms with van der Waals surface area (Å²) >= 11 is 0. The Morgan fingerprint density at radius 3 is 2.47 bits per heavy atom. The molecule has 0 aromatic heterocycles. The molecule has 1 saturated carbocycles. The van der Waals surface area contributed by atoms with Gasteiger partial charge in [0.05, 0.1) is 19.1 Å². The molecule has 0 aromatic carbocycles. The minimum absolute atomic E-state index is 0.0364. The van der Waals surface area contributed by atoms with Crippen molar-refractivity contribution in [2.75, 3.05) is 13.7 Å². The highest BCUT2D eigenvalue weighted by Crippen LogP contribution is 2.29. The summed E-state index contributed by atoms with van der Waals surface area (Å²) in [6, 6.07) is -0.447. The van der Waals surface area contributed by atoms with Crippen LogP contribution in [0.1, 0.15) is 38.5 Å². The average molecular weight is 240 g/mol. The lowest BCUT2D eigenvalue weighted by Crippen LogP contribution is -2.56. The number of hydrogen-bond acceptors (Lipinski definition) is 4. The van der Waals surface area contributed by atoms with Crippen molar-refractivity contribution in [3.05, 3.63) is 0 Å². The van der Waals surface area contributed by atoms with E-state index in [-0.39, 0.29) is 30.4 Å². The van der Waals surface area contributed by atoms with Crippen LogP contribution in [0.3, 0.4) is 0 Å². The largest absolute Gasteiger partial charge is 0.394 e. The lowest BCUT2D eigenvalue weighted by atomic mass is 9.81. The number of carbonyl (C=O) groups is 2. The Morgan fingerprint density at radius 2 is 2.00 bits per heavy atom. The number of nitrogens with one attached hydrogen (secondary N) is 1. The highest BCUT2D eigenvalue weighted by atomic mass is 16.3. The fourth-order valence-electron chi connectivity index (χ4n) is 2.81. The van der Waals surface area contributed by atoms with E-state index in [0.717, 1.165) is 25.7 Å². The molecular weight excluding hydrogens is 220 g/mol. The predicted octanol–water partition coefficient (Wildman–Crippen LogP) is 0.0285. The van der Waals surface area contributed by atoms with Gasteiger partial charge in [-0.1, -0.05) is 19.3 Å². The Labute approximate surface area is 101 Å². The zero-order valence-electron chi connectivity index (χ0n) is 10.2. The molecule has 0 radical (unpaired) electrons. The van der Waals surface area contributed by atoms with Gasteiger partial charge in [0.15, 0.2) is 0 Å². The quantitative estimate of drug-likeness (QED) is 0.683. The number of imide groups is 1. The molecule has 0 spiro atoms. The van der Waals surface area contributed by atoms with Gasteiger partial charge in [0.25, 0.3) is 0 Å². The van der Waals surface area contributed by atoms with Crippen molar-refractivity contribution in [1.29, 1.82) is 0 Å². The normalized spacial score (nSPS) is 28.8. The second-order valence-corrected chi connectivity index (χ2v) is 5.19. The summed E-state index contributed by atoms with van der Waals surface area (Å²) in [5, 5.41) is 12.8. The number of likely N-dealkylation sites (N-methyl/N-ethyl adjacent to an activating group) is 1. The van der Waals surface area contributed by atoms with Crippen LogP contribution in [-0.2, 0) is 9.59 Å². The van der Waals surface area contributed by atoms with Crippen LogP contribution in [0.25, 0.3) is 0 Å². The number of likely N-dealkylation sites (tertiary alicyclic amines) is 1. The maximum atomic E-state index is 11.8. The zero-order valence-corrected chi connectivity index (χ0v) is 10.2. The van der Waals surface area contributed by atoms with Gasteiger partial charge in [-0.25, -0.2) is 0 Å². The number of hydrogen-bond donors (Lipinski definition) is 2. The third kappa shape index (κ3) is 2.35. The van der Waals surface area contributed by atoms with Crippen molar-refractivity contribution in [2.45, 2.75) is 50.1 Å². The SMILES string of the molecule is CN1C(=O)CC(NC2(CO)CCCCC2)C1=O. The zero-order chi connectivity index (χ0) is 12.5. The smallest absolute Gasteiger partial charge is 0.246 e. The molecule has 96 valence electrons. The monoisotopic (exact) mass is 240 g/mol. The lowest BCUT2D eigenvalue weighted by Gasteiger charge is -2.38. The molecule has 2 amide bonds. The van der Waals surface area contributed by atoms with Gasteiger partial charge in [0, 0.05) is 12.6 Å². The maximum absolute atomic E-state index is 11.8. The van der Waals surface area contributed by atoms with Crippen LogP contribution < -0.4 is 5.32 Å². The van der Waals surface area contributed by atoms with Crippen molar-refractivity contribution in [2.24, 2.45) is 0 Å². The minimum Gasteiger partial charge on any atom is -0.394 e. The third-order valence-corrected chi connectivity index (χ3v) is 3.98.